The lowest BCUT2D eigenvalue weighted by Gasteiger charge is -2.16. The second kappa shape index (κ2) is 7.81. The van der Waals surface area contributed by atoms with Crippen molar-refractivity contribution in [2.45, 2.75) is 38.8 Å². The van der Waals surface area contributed by atoms with Crippen LogP contribution in [0.4, 0.5) is 0 Å². The minimum atomic E-state index is -0.384. The molecule has 5 heteroatoms. The van der Waals surface area contributed by atoms with Crippen molar-refractivity contribution in [1.29, 1.82) is 0 Å². The summed E-state index contributed by atoms with van der Waals surface area (Å²) in [5.41, 5.74) is 5.83. The molecule has 0 aromatic carbocycles. The Labute approximate surface area is 118 Å². The standard InChI is InChI=1S/C13H22N2OS2/c1-9(8-11-5-4-10(2)18-11)15-13(16)12(14)6-7-17-3/h4-5,9,12H,6-8,14H2,1-3H3,(H,15,16)/t9?,12-/m0/s1. The van der Waals surface area contributed by atoms with E-state index in [1.807, 2.05) is 13.2 Å². The Hall–Kier alpha value is -0.520. The molecule has 1 rings (SSSR count). The van der Waals surface area contributed by atoms with Crippen LogP contribution in [-0.2, 0) is 11.2 Å². The Morgan fingerprint density at radius 1 is 1.56 bits per heavy atom. The second-order valence-corrected chi connectivity index (χ2v) is 6.87. The minimum Gasteiger partial charge on any atom is -0.352 e. The highest BCUT2D eigenvalue weighted by Gasteiger charge is 2.15. The van der Waals surface area contributed by atoms with Crippen molar-refractivity contribution >= 4 is 29.0 Å². The zero-order valence-corrected chi connectivity index (χ0v) is 12.9. The number of hydrogen-bond acceptors (Lipinski definition) is 4. The van der Waals surface area contributed by atoms with Crippen molar-refractivity contribution in [2.24, 2.45) is 5.73 Å². The molecule has 0 aliphatic heterocycles. The molecule has 0 saturated carbocycles. The molecule has 1 aromatic rings. The van der Waals surface area contributed by atoms with Gasteiger partial charge in [-0.1, -0.05) is 0 Å². The van der Waals surface area contributed by atoms with Gasteiger partial charge >= 0.3 is 0 Å². The number of nitrogens with two attached hydrogens (primary N) is 1. The highest BCUT2D eigenvalue weighted by Crippen LogP contribution is 2.16. The predicted molar refractivity (Wildman–Crippen MR) is 81.3 cm³/mol. The molecule has 3 N–H and O–H groups in total. The van der Waals surface area contributed by atoms with E-state index in [9.17, 15) is 4.79 Å². The molecular weight excluding hydrogens is 264 g/mol. The maximum atomic E-state index is 11.8. The van der Waals surface area contributed by atoms with Crippen molar-refractivity contribution in [3.05, 3.63) is 21.9 Å². The van der Waals surface area contributed by atoms with E-state index in [0.29, 0.717) is 0 Å². The predicted octanol–water partition coefficient (Wildman–Crippen LogP) is 2.18. The fourth-order valence-electron chi connectivity index (χ4n) is 1.67. The van der Waals surface area contributed by atoms with Gasteiger partial charge in [0.15, 0.2) is 0 Å². The SMILES string of the molecule is CSCC[C@H](N)C(=O)NC(C)Cc1ccc(C)s1. The molecule has 0 aliphatic rings. The third-order valence-electron chi connectivity index (χ3n) is 2.66. The number of carbonyl (C=O) groups is 1. The molecule has 0 spiro atoms. The Morgan fingerprint density at radius 3 is 2.83 bits per heavy atom. The van der Waals surface area contributed by atoms with Crippen molar-refractivity contribution < 1.29 is 4.79 Å². The summed E-state index contributed by atoms with van der Waals surface area (Å²) in [6, 6.07) is 3.98. The van der Waals surface area contributed by atoms with Crippen molar-refractivity contribution in [1.82, 2.24) is 5.32 Å². The molecule has 0 aliphatic carbocycles. The molecule has 1 amide bonds. The third kappa shape index (κ3) is 5.42. The van der Waals surface area contributed by atoms with Gasteiger partial charge in [-0.2, -0.15) is 11.8 Å². The number of rotatable bonds is 7. The van der Waals surface area contributed by atoms with Crippen LogP contribution in [0.3, 0.4) is 0 Å². The first-order valence-electron chi connectivity index (χ1n) is 6.13. The lowest BCUT2D eigenvalue weighted by atomic mass is 10.1. The maximum absolute atomic E-state index is 11.8. The lowest BCUT2D eigenvalue weighted by molar-refractivity contribution is -0.122. The molecule has 2 atom stereocenters. The van der Waals surface area contributed by atoms with Gasteiger partial charge in [0.2, 0.25) is 5.91 Å². The van der Waals surface area contributed by atoms with E-state index < -0.39 is 0 Å². The average molecular weight is 286 g/mol. The molecule has 0 saturated heterocycles. The first-order chi connectivity index (χ1) is 8.52. The fraction of sp³-hybridized carbons (Fsp3) is 0.615. The van der Waals surface area contributed by atoms with E-state index in [4.69, 9.17) is 5.73 Å². The van der Waals surface area contributed by atoms with Crippen LogP contribution >= 0.6 is 23.1 Å². The van der Waals surface area contributed by atoms with E-state index in [2.05, 4.69) is 24.4 Å². The highest BCUT2D eigenvalue weighted by molar-refractivity contribution is 7.98. The zero-order valence-electron chi connectivity index (χ0n) is 11.2. The number of aryl methyl sites for hydroxylation is 1. The normalized spacial score (nSPS) is 14.2. The van der Waals surface area contributed by atoms with E-state index in [1.54, 1.807) is 23.1 Å². The molecule has 18 heavy (non-hydrogen) atoms. The van der Waals surface area contributed by atoms with Crippen LogP contribution in [0.25, 0.3) is 0 Å². The first kappa shape index (κ1) is 15.5. The lowest BCUT2D eigenvalue weighted by Crippen LogP contribution is -2.45. The van der Waals surface area contributed by atoms with Gasteiger partial charge in [0.05, 0.1) is 6.04 Å². The van der Waals surface area contributed by atoms with Gasteiger partial charge < -0.3 is 11.1 Å². The van der Waals surface area contributed by atoms with Crippen molar-refractivity contribution in [3.63, 3.8) is 0 Å². The monoisotopic (exact) mass is 286 g/mol. The van der Waals surface area contributed by atoms with Gasteiger partial charge in [-0.15, -0.1) is 11.3 Å². The zero-order chi connectivity index (χ0) is 13.5. The molecule has 0 fully saturated rings. The van der Waals surface area contributed by atoms with Gasteiger partial charge in [-0.3, -0.25) is 4.79 Å². The summed E-state index contributed by atoms with van der Waals surface area (Å²) in [7, 11) is 0. The van der Waals surface area contributed by atoms with Crippen LogP contribution in [0.2, 0.25) is 0 Å². The maximum Gasteiger partial charge on any atom is 0.237 e. The Morgan fingerprint density at radius 2 is 2.28 bits per heavy atom. The van der Waals surface area contributed by atoms with E-state index in [-0.39, 0.29) is 18.0 Å². The second-order valence-electron chi connectivity index (χ2n) is 4.51. The Balaban J connectivity index is 2.35. The Bertz CT molecular complexity index is 379. The highest BCUT2D eigenvalue weighted by atomic mass is 32.2. The van der Waals surface area contributed by atoms with Gasteiger partial charge in [0.25, 0.3) is 0 Å². The summed E-state index contributed by atoms with van der Waals surface area (Å²) >= 11 is 3.49. The summed E-state index contributed by atoms with van der Waals surface area (Å²) in [5, 5.41) is 2.98. The Kier molecular flexibility index (Phi) is 6.75. The van der Waals surface area contributed by atoms with E-state index in [1.165, 1.54) is 9.75 Å². The van der Waals surface area contributed by atoms with Gasteiger partial charge in [0, 0.05) is 22.2 Å². The van der Waals surface area contributed by atoms with Crippen LogP contribution in [0.5, 0.6) is 0 Å². The van der Waals surface area contributed by atoms with Crippen molar-refractivity contribution in [2.75, 3.05) is 12.0 Å². The molecule has 3 nitrogen and oxygen atoms in total. The van der Waals surface area contributed by atoms with Crippen LogP contribution in [0.15, 0.2) is 12.1 Å². The smallest absolute Gasteiger partial charge is 0.237 e. The number of nitrogens with one attached hydrogen (secondary N) is 1. The summed E-state index contributed by atoms with van der Waals surface area (Å²) in [6.45, 7) is 4.12. The topological polar surface area (TPSA) is 55.1 Å². The summed E-state index contributed by atoms with van der Waals surface area (Å²) in [6.07, 6.45) is 3.63. The number of carbonyl (C=O) groups excluding carboxylic acids is 1. The minimum absolute atomic E-state index is 0.0372. The quantitative estimate of drug-likeness (QED) is 0.808. The van der Waals surface area contributed by atoms with E-state index >= 15 is 0 Å². The summed E-state index contributed by atoms with van der Waals surface area (Å²) in [4.78, 5) is 14.4. The molecule has 102 valence electrons. The molecule has 1 aromatic heterocycles. The first-order valence-corrected chi connectivity index (χ1v) is 8.34. The van der Waals surface area contributed by atoms with E-state index in [0.717, 1.165) is 18.6 Å². The number of hydrogen-bond donors (Lipinski definition) is 2. The van der Waals surface area contributed by atoms with Crippen molar-refractivity contribution in [3.8, 4) is 0 Å². The average Bonchev–Trinajstić information content (AvgIpc) is 2.71. The third-order valence-corrected chi connectivity index (χ3v) is 4.33. The van der Waals surface area contributed by atoms with Crippen LogP contribution in [-0.4, -0.2) is 30.0 Å². The summed E-state index contributed by atoms with van der Waals surface area (Å²) < 4.78 is 0. The van der Waals surface area contributed by atoms with Gasteiger partial charge in [0.1, 0.15) is 0 Å². The van der Waals surface area contributed by atoms with Crippen LogP contribution < -0.4 is 11.1 Å². The molecule has 1 unspecified atom stereocenters. The van der Waals surface area contributed by atoms with Gasteiger partial charge in [-0.05, 0) is 44.4 Å². The van der Waals surface area contributed by atoms with Gasteiger partial charge in [-0.25, -0.2) is 0 Å². The number of amides is 1. The number of thioether (sulfide) groups is 1. The number of thiophene rings is 1. The molecular formula is C13H22N2OS2. The summed E-state index contributed by atoms with van der Waals surface area (Å²) in [5.74, 6) is 0.887. The molecule has 1 heterocycles. The molecule has 0 bridgehead atoms. The van der Waals surface area contributed by atoms with Crippen LogP contribution in [0.1, 0.15) is 23.1 Å². The molecule has 0 radical (unpaired) electrons. The largest absolute Gasteiger partial charge is 0.352 e. The van der Waals surface area contributed by atoms with Crippen LogP contribution in [0, 0.1) is 6.92 Å². The fourth-order valence-corrected chi connectivity index (χ4v) is 3.18.